The van der Waals surface area contributed by atoms with Crippen LogP contribution in [0.1, 0.15) is 10.7 Å². The molecule has 0 fully saturated rings. The molecule has 0 atom stereocenters. The van der Waals surface area contributed by atoms with Crippen LogP contribution < -0.4 is 15.8 Å². The van der Waals surface area contributed by atoms with Crippen LogP contribution in [-0.2, 0) is 12.6 Å². The Morgan fingerprint density at radius 2 is 1.78 bits per heavy atom. The maximum absolute atomic E-state index is 12.4. The molecule has 2 aromatic rings. The number of hydrogen-bond acceptors (Lipinski definition) is 4. The lowest BCUT2D eigenvalue weighted by atomic mass is 10.3. The van der Waals surface area contributed by atoms with Crippen LogP contribution in [0.5, 0.6) is 5.75 Å². The highest BCUT2D eigenvalue weighted by Crippen LogP contribution is 2.30. The van der Waals surface area contributed by atoms with E-state index in [1.54, 1.807) is 0 Å². The number of benzene rings is 1. The van der Waals surface area contributed by atoms with E-state index < -0.39 is 18.2 Å². The van der Waals surface area contributed by atoms with Gasteiger partial charge in [0.1, 0.15) is 5.75 Å². The van der Waals surface area contributed by atoms with Crippen LogP contribution in [0.2, 0.25) is 0 Å². The van der Waals surface area contributed by atoms with Crippen LogP contribution in [0.15, 0.2) is 34.6 Å². The normalized spacial score (nSPS) is 12.4. The van der Waals surface area contributed by atoms with E-state index in [-0.39, 0.29) is 53.7 Å². The van der Waals surface area contributed by atoms with Crippen LogP contribution in [0.3, 0.4) is 0 Å². The van der Waals surface area contributed by atoms with Crippen molar-refractivity contribution in [3.63, 3.8) is 0 Å². The van der Waals surface area contributed by atoms with Crippen LogP contribution in [0.25, 0.3) is 0 Å². The zero-order valence-corrected chi connectivity index (χ0v) is 16.4. The topological polar surface area (TPSA) is 72.5 Å². The third-order valence-corrected chi connectivity index (χ3v) is 3.72. The Morgan fingerprint density at radius 1 is 1.15 bits per heavy atom. The molecule has 5 nitrogen and oxygen atoms in total. The number of hydrogen-bond donors (Lipinski definition) is 2. The fraction of sp³-hybridized carbons (Fsp3) is 0.286. The second kappa shape index (κ2) is 9.43. The highest BCUT2D eigenvalue weighted by Gasteiger charge is 2.33. The molecular weight excluding hydrogens is 513 g/mol. The highest BCUT2D eigenvalue weighted by molar-refractivity contribution is 14.0. The second-order valence-corrected chi connectivity index (χ2v) is 5.78. The van der Waals surface area contributed by atoms with Gasteiger partial charge in [-0.3, -0.25) is 4.99 Å². The molecule has 0 radical (unpaired) electrons. The maximum Gasteiger partial charge on any atom is 0.573 e. The molecule has 1 heterocycles. The average molecular weight is 526 g/mol. The fourth-order valence-electron chi connectivity index (χ4n) is 1.76. The predicted molar refractivity (Wildman–Crippen MR) is 99.5 cm³/mol. The molecule has 13 heteroatoms. The third-order valence-electron chi connectivity index (χ3n) is 2.81. The van der Waals surface area contributed by atoms with Gasteiger partial charge in [0, 0.05) is 24.0 Å². The summed E-state index contributed by atoms with van der Waals surface area (Å²) in [6, 6.07) is 4.80. The summed E-state index contributed by atoms with van der Waals surface area (Å²) in [6.07, 6.45) is -9.10. The second-order valence-electron chi connectivity index (χ2n) is 4.84. The molecule has 0 aliphatic heterocycles. The fourth-order valence-corrected chi connectivity index (χ4v) is 2.55. The Balaban J connectivity index is 0.00000364. The van der Waals surface area contributed by atoms with Gasteiger partial charge in [0.2, 0.25) is 0 Å². The Morgan fingerprint density at radius 3 is 2.30 bits per heavy atom. The van der Waals surface area contributed by atoms with Crippen molar-refractivity contribution in [3.8, 4) is 5.75 Å². The molecule has 0 aliphatic carbocycles. The maximum atomic E-state index is 12.4. The van der Waals surface area contributed by atoms with E-state index in [0.717, 1.165) is 28.8 Å². The molecule has 0 bridgehead atoms. The Hall–Kier alpha value is -1.77. The summed E-state index contributed by atoms with van der Waals surface area (Å²) < 4.78 is 77.2. The smallest absolute Gasteiger partial charge is 0.406 e. The van der Waals surface area contributed by atoms with Crippen LogP contribution >= 0.6 is 35.3 Å². The Bertz CT molecular complexity index is 760. The highest BCUT2D eigenvalue weighted by atomic mass is 127. The molecule has 0 aliphatic rings. The standard InChI is InChI=1S/C14H12F6N4OS.HI/c15-13(16,17)10-7-26-11(24-10)5-6-22-12(21)23-8-1-3-9(4-2-8)25-14(18,19)20;/h1-4,7H,5-6H2,(H3,21,22,23);1H. The summed E-state index contributed by atoms with van der Waals surface area (Å²) in [5.74, 6) is -0.426. The number of nitrogens with two attached hydrogens (primary N) is 1. The minimum absolute atomic E-state index is 0. The van der Waals surface area contributed by atoms with Crippen LogP contribution in [0, 0.1) is 0 Å². The van der Waals surface area contributed by atoms with E-state index in [0.29, 0.717) is 5.69 Å². The number of nitrogens with one attached hydrogen (secondary N) is 1. The molecule has 0 spiro atoms. The summed E-state index contributed by atoms with van der Waals surface area (Å²) in [4.78, 5) is 7.38. The quantitative estimate of drug-likeness (QED) is 0.258. The van der Waals surface area contributed by atoms with Crippen molar-refractivity contribution >= 4 is 47.0 Å². The van der Waals surface area contributed by atoms with Crippen molar-refractivity contribution in [3.05, 3.63) is 40.3 Å². The van der Waals surface area contributed by atoms with Gasteiger partial charge in [-0.15, -0.1) is 48.5 Å². The number of anilines is 1. The minimum atomic E-state index is -4.78. The molecule has 150 valence electrons. The summed E-state index contributed by atoms with van der Waals surface area (Å²) in [5, 5.41) is 3.83. The van der Waals surface area contributed by atoms with Crippen molar-refractivity contribution in [2.24, 2.45) is 10.7 Å². The molecule has 3 N–H and O–H groups in total. The first-order valence-corrected chi connectivity index (χ1v) is 7.85. The van der Waals surface area contributed by atoms with E-state index in [4.69, 9.17) is 5.73 Å². The van der Waals surface area contributed by atoms with E-state index in [9.17, 15) is 26.3 Å². The van der Waals surface area contributed by atoms with E-state index in [1.165, 1.54) is 12.1 Å². The van der Waals surface area contributed by atoms with Gasteiger partial charge in [0.25, 0.3) is 0 Å². The first-order chi connectivity index (χ1) is 12.0. The van der Waals surface area contributed by atoms with Gasteiger partial charge >= 0.3 is 12.5 Å². The zero-order valence-electron chi connectivity index (χ0n) is 13.3. The molecule has 27 heavy (non-hydrogen) atoms. The number of thiazole rings is 1. The largest absolute Gasteiger partial charge is 0.573 e. The van der Waals surface area contributed by atoms with Gasteiger partial charge in [-0.25, -0.2) is 4.98 Å². The predicted octanol–water partition coefficient (Wildman–Crippen LogP) is 4.65. The summed E-state index contributed by atoms with van der Waals surface area (Å²) >= 11 is 0.871. The monoisotopic (exact) mass is 526 g/mol. The minimum Gasteiger partial charge on any atom is -0.406 e. The van der Waals surface area contributed by atoms with E-state index in [1.807, 2.05) is 0 Å². The molecule has 2 rings (SSSR count). The molecule has 1 aromatic carbocycles. The number of alkyl halides is 6. The summed E-state index contributed by atoms with van der Waals surface area (Å²) in [7, 11) is 0. The van der Waals surface area contributed by atoms with Crippen molar-refractivity contribution < 1.29 is 31.1 Å². The number of ether oxygens (including phenoxy) is 1. The number of halogens is 7. The number of guanidine groups is 1. The Kier molecular flexibility index (Phi) is 8.13. The lowest BCUT2D eigenvalue weighted by molar-refractivity contribution is -0.274. The van der Waals surface area contributed by atoms with Crippen LogP contribution in [-0.4, -0.2) is 23.9 Å². The first kappa shape index (κ1) is 23.3. The average Bonchev–Trinajstić information content (AvgIpc) is 2.97. The van der Waals surface area contributed by atoms with Gasteiger partial charge in [-0.2, -0.15) is 13.2 Å². The molecule has 0 saturated carbocycles. The SMILES string of the molecule is I.NC(=NCCc1nc(C(F)(F)F)cs1)Nc1ccc(OC(F)(F)F)cc1. The van der Waals surface area contributed by atoms with Gasteiger partial charge in [0.15, 0.2) is 11.7 Å². The molecule has 0 unspecified atom stereocenters. The summed E-state index contributed by atoms with van der Waals surface area (Å²) in [6.45, 7) is 0.0961. The molecular formula is C14H13F6IN4OS. The van der Waals surface area contributed by atoms with E-state index >= 15 is 0 Å². The van der Waals surface area contributed by atoms with Crippen molar-refractivity contribution in [1.82, 2.24) is 4.98 Å². The zero-order chi connectivity index (χ0) is 19.4. The third kappa shape index (κ3) is 8.19. The van der Waals surface area contributed by atoms with E-state index in [2.05, 4.69) is 20.0 Å². The Labute approximate surface area is 170 Å². The number of aliphatic imine (C=N–C) groups is 1. The number of nitrogens with zero attached hydrogens (tertiary/aromatic N) is 2. The first-order valence-electron chi connectivity index (χ1n) is 6.97. The lowest BCUT2D eigenvalue weighted by Gasteiger charge is -2.10. The van der Waals surface area contributed by atoms with Gasteiger partial charge in [-0.05, 0) is 24.3 Å². The number of aromatic nitrogens is 1. The van der Waals surface area contributed by atoms with Crippen LogP contribution in [0.4, 0.5) is 32.0 Å². The lowest BCUT2D eigenvalue weighted by Crippen LogP contribution is -2.23. The molecule has 0 amide bonds. The van der Waals surface area contributed by atoms with Crippen molar-refractivity contribution in [2.45, 2.75) is 19.0 Å². The molecule has 0 saturated heterocycles. The molecule has 1 aromatic heterocycles. The van der Waals surface area contributed by atoms with Gasteiger partial charge < -0.3 is 15.8 Å². The van der Waals surface area contributed by atoms with Crippen molar-refractivity contribution in [2.75, 3.05) is 11.9 Å². The van der Waals surface area contributed by atoms with Gasteiger partial charge in [0.05, 0.1) is 5.01 Å². The van der Waals surface area contributed by atoms with Gasteiger partial charge in [-0.1, -0.05) is 0 Å². The number of rotatable bonds is 5. The van der Waals surface area contributed by atoms with Crippen molar-refractivity contribution in [1.29, 1.82) is 0 Å². The summed E-state index contributed by atoms with van der Waals surface area (Å²) in [5.41, 5.74) is 5.03.